The zero-order valence-electron chi connectivity index (χ0n) is 15.7. The molecule has 0 N–H and O–H groups in total. The number of carbonyl (C=O) groups excluding carboxylic acids is 2. The minimum absolute atomic E-state index is 0.307. The van der Waals surface area contributed by atoms with E-state index in [1.165, 1.54) is 50.7 Å². The van der Waals surface area contributed by atoms with Gasteiger partial charge in [-0.05, 0) is 12.8 Å². The van der Waals surface area contributed by atoms with Gasteiger partial charge in [0.2, 0.25) is 0 Å². The molecule has 24 heavy (non-hydrogen) atoms. The molecule has 0 saturated carbocycles. The van der Waals surface area contributed by atoms with Crippen molar-refractivity contribution < 1.29 is 19.1 Å². The summed E-state index contributed by atoms with van der Waals surface area (Å²) in [5.41, 5.74) is 0. The average molecular weight is 341 g/mol. The molecule has 0 aliphatic carbocycles. The third kappa shape index (κ3) is 22.7. The average Bonchev–Trinajstić information content (AvgIpc) is 2.60. The monoisotopic (exact) mass is 340 g/mol. The Labute approximate surface area is 148 Å². The van der Waals surface area contributed by atoms with E-state index in [0.29, 0.717) is 13.2 Å². The number of esters is 2. The van der Waals surface area contributed by atoms with E-state index in [-0.39, 0.29) is 11.9 Å². The topological polar surface area (TPSA) is 52.6 Å². The van der Waals surface area contributed by atoms with Crippen molar-refractivity contribution in [1.82, 2.24) is 0 Å². The van der Waals surface area contributed by atoms with Crippen LogP contribution in [-0.4, -0.2) is 25.2 Å². The van der Waals surface area contributed by atoms with Crippen molar-refractivity contribution in [3.63, 3.8) is 0 Å². The van der Waals surface area contributed by atoms with Gasteiger partial charge in [0.15, 0.2) is 0 Å². The van der Waals surface area contributed by atoms with Gasteiger partial charge in [0, 0.05) is 12.2 Å². The Morgan fingerprint density at radius 1 is 0.667 bits per heavy atom. The van der Waals surface area contributed by atoms with E-state index in [0.717, 1.165) is 25.7 Å². The summed E-state index contributed by atoms with van der Waals surface area (Å²) in [5, 5.41) is 0. The fourth-order valence-corrected chi connectivity index (χ4v) is 1.84. The van der Waals surface area contributed by atoms with E-state index in [2.05, 4.69) is 24.8 Å². The van der Waals surface area contributed by atoms with Crippen LogP contribution in [0.3, 0.4) is 0 Å². The summed E-state index contributed by atoms with van der Waals surface area (Å²) >= 11 is 0. The molecule has 0 heterocycles. The number of unbranched alkanes of at least 4 members (excludes halogenated alkanes) is 8. The Balaban J connectivity index is 0. The smallest absolute Gasteiger partial charge is 0.330 e. The van der Waals surface area contributed by atoms with Crippen molar-refractivity contribution in [2.75, 3.05) is 13.2 Å². The summed E-state index contributed by atoms with van der Waals surface area (Å²) < 4.78 is 9.55. The van der Waals surface area contributed by atoms with Crippen molar-refractivity contribution in [2.24, 2.45) is 0 Å². The first kappa shape index (κ1) is 24.7. The van der Waals surface area contributed by atoms with Crippen molar-refractivity contribution in [2.45, 2.75) is 78.1 Å². The van der Waals surface area contributed by atoms with E-state index < -0.39 is 0 Å². The normalized spacial score (nSPS) is 9.42. The summed E-state index contributed by atoms with van der Waals surface area (Å²) in [6.45, 7) is 11.9. The third-order valence-corrected chi connectivity index (χ3v) is 3.32. The maximum absolute atomic E-state index is 10.7. The molecule has 0 unspecified atom stereocenters. The second kappa shape index (κ2) is 21.4. The summed E-state index contributed by atoms with van der Waals surface area (Å²) in [6.07, 6.45) is 14.5. The first-order valence-electron chi connectivity index (χ1n) is 9.20. The summed E-state index contributed by atoms with van der Waals surface area (Å²) in [6, 6.07) is 0. The van der Waals surface area contributed by atoms with Crippen LogP contribution in [-0.2, 0) is 19.1 Å². The molecule has 0 aromatic rings. The van der Waals surface area contributed by atoms with Gasteiger partial charge in [0.1, 0.15) is 0 Å². The van der Waals surface area contributed by atoms with E-state index >= 15 is 0 Å². The molecule has 0 aromatic heterocycles. The van der Waals surface area contributed by atoms with E-state index in [1.54, 1.807) is 0 Å². The molecule has 0 rings (SSSR count). The van der Waals surface area contributed by atoms with Crippen molar-refractivity contribution in [3.05, 3.63) is 25.3 Å². The van der Waals surface area contributed by atoms with Gasteiger partial charge in [-0.15, -0.1) is 0 Å². The number of rotatable bonds is 14. The van der Waals surface area contributed by atoms with Gasteiger partial charge in [-0.1, -0.05) is 78.4 Å². The van der Waals surface area contributed by atoms with Gasteiger partial charge in [0.05, 0.1) is 13.2 Å². The number of hydrogen-bond acceptors (Lipinski definition) is 4. The highest BCUT2D eigenvalue weighted by atomic mass is 16.5. The molecule has 0 radical (unpaired) electrons. The highest BCUT2D eigenvalue weighted by molar-refractivity contribution is 5.81. The van der Waals surface area contributed by atoms with Crippen LogP contribution >= 0.6 is 0 Å². The third-order valence-electron chi connectivity index (χ3n) is 3.32. The Hall–Kier alpha value is -1.58. The Kier molecular flexibility index (Phi) is 22.0. The SMILES string of the molecule is C=CC(=O)OCCCC.C=CC(=O)OCCCCCCCCCC. The molecule has 4 heteroatoms. The Morgan fingerprint density at radius 2 is 1.04 bits per heavy atom. The summed E-state index contributed by atoms with van der Waals surface area (Å²) in [5.74, 6) is -0.638. The molecule has 0 atom stereocenters. The van der Waals surface area contributed by atoms with Crippen molar-refractivity contribution in [3.8, 4) is 0 Å². The van der Waals surface area contributed by atoms with Gasteiger partial charge < -0.3 is 9.47 Å². The zero-order chi connectivity index (χ0) is 18.5. The van der Waals surface area contributed by atoms with Crippen molar-refractivity contribution >= 4 is 11.9 Å². The van der Waals surface area contributed by atoms with Crippen LogP contribution < -0.4 is 0 Å². The lowest BCUT2D eigenvalue weighted by Gasteiger charge is -2.02. The van der Waals surface area contributed by atoms with Gasteiger partial charge in [-0.25, -0.2) is 9.59 Å². The van der Waals surface area contributed by atoms with Crippen LogP contribution in [0.4, 0.5) is 0 Å². The minimum Gasteiger partial charge on any atom is -0.463 e. The Bertz CT molecular complexity index is 324. The van der Waals surface area contributed by atoms with Crippen LogP contribution in [0.15, 0.2) is 25.3 Å². The zero-order valence-corrected chi connectivity index (χ0v) is 15.7. The first-order chi connectivity index (χ1) is 11.6. The second-order valence-corrected chi connectivity index (χ2v) is 5.57. The maximum Gasteiger partial charge on any atom is 0.330 e. The highest BCUT2D eigenvalue weighted by Crippen LogP contribution is 2.08. The van der Waals surface area contributed by atoms with Gasteiger partial charge in [0.25, 0.3) is 0 Å². The molecule has 0 spiro atoms. The van der Waals surface area contributed by atoms with E-state index in [4.69, 9.17) is 4.74 Å². The Morgan fingerprint density at radius 3 is 1.46 bits per heavy atom. The van der Waals surface area contributed by atoms with E-state index in [9.17, 15) is 9.59 Å². The van der Waals surface area contributed by atoms with Crippen LogP contribution in [0.2, 0.25) is 0 Å². The molecular formula is C20H36O4. The highest BCUT2D eigenvalue weighted by Gasteiger charge is 1.95. The molecule has 0 amide bonds. The van der Waals surface area contributed by atoms with Crippen LogP contribution in [0.5, 0.6) is 0 Å². The fraction of sp³-hybridized carbons (Fsp3) is 0.700. The van der Waals surface area contributed by atoms with Gasteiger partial charge >= 0.3 is 11.9 Å². The molecule has 0 aliphatic rings. The predicted molar refractivity (Wildman–Crippen MR) is 99.8 cm³/mol. The molecule has 140 valence electrons. The molecule has 4 nitrogen and oxygen atoms in total. The summed E-state index contributed by atoms with van der Waals surface area (Å²) in [7, 11) is 0. The maximum atomic E-state index is 10.7. The lowest BCUT2D eigenvalue weighted by molar-refractivity contribution is -0.138. The van der Waals surface area contributed by atoms with Crippen molar-refractivity contribution in [1.29, 1.82) is 0 Å². The van der Waals surface area contributed by atoms with Gasteiger partial charge in [-0.3, -0.25) is 0 Å². The van der Waals surface area contributed by atoms with Gasteiger partial charge in [-0.2, -0.15) is 0 Å². The first-order valence-corrected chi connectivity index (χ1v) is 9.20. The quantitative estimate of drug-likeness (QED) is 0.242. The van der Waals surface area contributed by atoms with Crippen LogP contribution in [0, 0.1) is 0 Å². The van der Waals surface area contributed by atoms with E-state index in [1.807, 2.05) is 6.92 Å². The lowest BCUT2D eigenvalue weighted by Crippen LogP contribution is -2.01. The molecule has 0 aliphatic heterocycles. The fourth-order valence-electron chi connectivity index (χ4n) is 1.84. The van der Waals surface area contributed by atoms with Crippen LogP contribution in [0.25, 0.3) is 0 Å². The molecular weight excluding hydrogens is 304 g/mol. The molecule has 0 saturated heterocycles. The lowest BCUT2D eigenvalue weighted by atomic mass is 10.1. The minimum atomic E-state index is -0.330. The standard InChI is InChI=1S/C13H24O2.C7H12O2/c1-3-5-6-7-8-9-10-11-12-15-13(14)4-2;1-3-5-6-9-7(8)4-2/h4H,2-3,5-12H2,1H3;4H,2-3,5-6H2,1H3. The molecule has 0 aromatic carbocycles. The predicted octanol–water partition coefficient (Wildman–Crippen LogP) is 5.37. The molecule has 0 bridgehead atoms. The van der Waals surface area contributed by atoms with Crippen LogP contribution in [0.1, 0.15) is 78.1 Å². The number of ether oxygens (including phenoxy) is 2. The number of carbonyl (C=O) groups is 2. The molecule has 0 fully saturated rings. The largest absolute Gasteiger partial charge is 0.463 e. The second-order valence-electron chi connectivity index (χ2n) is 5.57. The summed E-state index contributed by atoms with van der Waals surface area (Å²) in [4.78, 5) is 21.0. The number of hydrogen-bond donors (Lipinski definition) is 0.